The van der Waals surface area contributed by atoms with Gasteiger partial charge < -0.3 is 19.7 Å². The first-order chi connectivity index (χ1) is 15.2. The zero-order chi connectivity index (χ0) is 21.1. The van der Waals surface area contributed by atoms with E-state index >= 15 is 0 Å². The van der Waals surface area contributed by atoms with Crippen LogP contribution in [0, 0.1) is 5.92 Å². The summed E-state index contributed by atoms with van der Waals surface area (Å²) in [4.78, 5) is 23.9. The monoisotopic (exact) mass is 422 g/mol. The van der Waals surface area contributed by atoms with Gasteiger partial charge in [-0.05, 0) is 49.4 Å². The number of carbonyl (C=O) groups excluding carboxylic acids is 1. The molecule has 1 aliphatic carbocycles. The summed E-state index contributed by atoms with van der Waals surface area (Å²) in [5.74, 6) is 2.62. The van der Waals surface area contributed by atoms with Gasteiger partial charge in [-0.3, -0.25) is 4.79 Å². The molecule has 0 atom stereocenters. The smallest absolute Gasteiger partial charge is 0.231 e. The Labute approximate surface area is 183 Å². The lowest BCUT2D eigenvalue weighted by Crippen LogP contribution is -2.46. The molecule has 2 aliphatic heterocycles. The highest BCUT2D eigenvalue weighted by molar-refractivity contribution is 5.79. The summed E-state index contributed by atoms with van der Waals surface area (Å²) in [6.45, 7) is 2.60. The number of nitrogens with one attached hydrogen (secondary N) is 1. The van der Waals surface area contributed by atoms with E-state index in [1.807, 2.05) is 12.1 Å². The highest BCUT2D eigenvalue weighted by atomic mass is 16.7. The first-order valence-electron chi connectivity index (χ1n) is 11.4. The van der Waals surface area contributed by atoms with E-state index < -0.39 is 0 Å². The number of aromatic nitrogens is 2. The van der Waals surface area contributed by atoms with Gasteiger partial charge in [-0.25, -0.2) is 9.97 Å². The Morgan fingerprint density at radius 2 is 1.81 bits per heavy atom. The Kier molecular flexibility index (Phi) is 5.66. The second-order valence-electron chi connectivity index (χ2n) is 8.94. The minimum atomic E-state index is -0.0204. The molecule has 2 fully saturated rings. The Morgan fingerprint density at radius 3 is 2.58 bits per heavy atom. The van der Waals surface area contributed by atoms with Gasteiger partial charge in [0.1, 0.15) is 0 Å². The molecule has 31 heavy (non-hydrogen) atoms. The number of piperidine rings is 1. The third kappa shape index (κ3) is 4.18. The molecule has 3 heterocycles. The number of fused-ring (bicyclic) bond motifs is 1. The maximum absolute atomic E-state index is 13.0. The molecule has 3 aliphatic rings. The van der Waals surface area contributed by atoms with Gasteiger partial charge in [0.15, 0.2) is 11.5 Å². The average molecular weight is 423 g/mol. The van der Waals surface area contributed by atoms with Gasteiger partial charge in [0.2, 0.25) is 18.6 Å². The van der Waals surface area contributed by atoms with Crippen LogP contribution < -0.4 is 19.7 Å². The SMILES string of the molecule is O=C(NCC1(c2ccc3c(c2)OCO3)CCCCC1)C1CCN(c2ncccn2)CC1. The Balaban J connectivity index is 1.22. The topological polar surface area (TPSA) is 76.6 Å². The maximum Gasteiger partial charge on any atom is 0.231 e. The summed E-state index contributed by atoms with van der Waals surface area (Å²) in [5, 5.41) is 3.32. The molecule has 1 aromatic heterocycles. The molecule has 0 unspecified atom stereocenters. The van der Waals surface area contributed by atoms with Gasteiger partial charge in [-0.2, -0.15) is 0 Å². The molecule has 1 aromatic carbocycles. The van der Waals surface area contributed by atoms with E-state index in [9.17, 15) is 4.79 Å². The Bertz CT molecular complexity index is 906. The number of rotatable bonds is 5. The number of hydrogen-bond acceptors (Lipinski definition) is 6. The summed E-state index contributed by atoms with van der Waals surface area (Å²) >= 11 is 0. The molecule has 1 saturated heterocycles. The van der Waals surface area contributed by atoms with Crippen molar-refractivity contribution < 1.29 is 14.3 Å². The molecular formula is C24H30N4O3. The van der Waals surface area contributed by atoms with Gasteiger partial charge in [0.05, 0.1) is 0 Å². The van der Waals surface area contributed by atoms with E-state index in [0.29, 0.717) is 6.54 Å². The highest BCUT2D eigenvalue weighted by Gasteiger charge is 2.36. The van der Waals surface area contributed by atoms with E-state index in [-0.39, 0.29) is 24.0 Å². The minimum absolute atomic E-state index is 0.0204. The normalized spacial score (nSPS) is 20.5. The summed E-state index contributed by atoms with van der Waals surface area (Å²) < 4.78 is 11.1. The van der Waals surface area contributed by atoms with Crippen molar-refractivity contribution in [3.8, 4) is 11.5 Å². The van der Waals surface area contributed by atoms with Crippen LogP contribution in [0.25, 0.3) is 0 Å². The van der Waals surface area contributed by atoms with E-state index in [1.54, 1.807) is 12.4 Å². The molecule has 1 amide bonds. The molecule has 1 N–H and O–H groups in total. The number of anilines is 1. The van der Waals surface area contributed by atoms with Crippen LogP contribution in [0.15, 0.2) is 36.7 Å². The van der Waals surface area contributed by atoms with Crippen molar-refractivity contribution in [1.29, 1.82) is 0 Å². The van der Waals surface area contributed by atoms with Crippen LogP contribution in [-0.2, 0) is 10.2 Å². The molecule has 7 nitrogen and oxygen atoms in total. The quantitative estimate of drug-likeness (QED) is 0.796. The summed E-state index contributed by atoms with van der Waals surface area (Å²) in [6.07, 6.45) is 11.0. The molecule has 7 heteroatoms. The lowest BCUT2D eigenvalue weighted by molar-refractivity contribution is -0.125. The zero-order valence-corrected chi connectivity index (χ0v) is 17.9. The van der Waals surface area contributed by atoms with Gasteiger partial charge in [-0.1, -0.05) is 25.3 Å². The number of ether oxygens (including phenoxy) is 2. The number of hydrogen-bond donors (Lipinski definition) is 1. The highest BCUT2D eigenvalue weighted by Crippen LogP contribution is 2.43. The fourth-order valence-electron chi connectivity index (χ4n) is 5.22. The van der Waals surface area contributed by atoms with Crippen LogP contribution in [0.5, 0.6) is 11.5 Å². The van der Waals surface area contributed by atoms with Gasteiger partial charge >= 0.3 is 0 Å². The van der Waals surface area contributed by atoms with Crippen molar-refractivity contribution in [2.24, 2.45) is 5.92 Å². The van der Waals surface area contributed by atoms with Crippen molar-refractivity contribution in [2.45, 2.75) is 50.4 Å². The number of carbonyl (C=O) groups is 1. The average Bonchev–Trinajstić information content (AvgIpc) is 3.32. The van der Waals surface area contributed by atoms with Crippen LogP contribution >= 0.6 is 0 Å². The molecule has 0 radical (unpaired) electrons. The number of amides is 1. The van der Waals surface area contributed by atoms with Crippen LogP contribution in [-0.4, -0.2) is 42.3 Å². The third-order valence-electron chi connectivity index (χ3n) is 7.10. The first-order valence-corrected chi connectivity index (χ1v) is 11.4. The first kappa shape index (κ1) is 20.1. The van der Waals surface area contributed by atoms with Crippen molar-refractivity contribution in [3.05, 3.63) is 42.2 Å². The third-order valence-corrected chi connectivity index (χ3v) is 7.10. The molecule has 0 spiro atoms. The lowest BCUT2D eigenvalue weighted by atomic mass is 9.69. The Hall–Kier alpha value is -2.83. The van der Waals surface area contributed by atoms with Crippen molar-refractivity contribution in [1.82, 2.24) is 15.3 Å². The predicted octanol–water partition coefficient (Wildman–Crippen LogP) is 3.44. The Morgan fingerprint density at radius 1 is 1.06 bits per heavy atom. The molecule has 0 bridgehead atoms. The van der Waals surface area contributed by atoms with Gasteiger partial charge in [0.25, 0.3) is 0 Å². The van der Waals surface area contributed by atoms with Crippen molar-refractivity contribution in [3.63, 3.8) is 0 Å². The van der Waals surface area contributed by atoms with Gasteiger partial charge in [-0.15, -0.1) is 0 Å². The fourth-order valence-corrected chi connectivity index (χ4v) is 5.22. The van der Waals surface area contributed by atoms with Crippen LogP contribution in [0.1, 0.15) is 50.5 Å². The van der Waals surface area contributed by atoms with Crippen molar-refractivity contribution >= 4 is 11.9 Å². The summed E-state index contributed by atoms with van der Waals surface area (Å²) in [5.41, 5.74) is 1.24. The second-order valence-corrected chi connectivity index (χ2v) is 8.94. The standard InChI is InChI=1S/C24H30N4O3/c29-22(18-7-13-28(14-8-18)23-25-11-4-12-26-23)27-16-24(9-2-1-3-10-24)19-5-6-20-21(15-19)31-17-30-20/h4-6,11-12,15,18H,1-3,7-10,13-14,16-17H2,(H,27,29). The molecule has 164 valence electrons. The van der Waals surface area contributed by atoms with Crippen molar-refractivity contribution in [2.75, 3.05) is 31.3 Å². The van der Waals surface area contributed by atoms with Crippen LogP contribution in [0.4, 0.5) is 5.95 Å². The van der Waals surface area contributed by atoms with Crippen LogP contribution in [0.2, 0.25) is 0 Å². The predicted molar refractivity (Wildman–Crippen MR) is 117 cm³/mol. The summed E-state index contributed by atoms with van der Waals surface area (Å²) in [6, 6.07) is 8.11. The molecular weight excluding hydrogens is 392 g/mol. The molecule has 2 aromatic rings. The minimum Gasteiger partial charge on any atom is -0.454 e. The lowest BCUT2D eigenvalue weighted by Gasteiger charge is -2.39. The largest absolute Gasteiger partial charge is 0.454 e. The second kappa shape index (κ2) is 8.73. The number of benzene rings is 1. The van der Waals surface area contributed by atoms with E-state index in [1.165, 1.54) is 24.8 Å². The molecule has 1 saturated carbocycles. The van der Waals surface area contributed by atoms with E-state index in [4.69, 9.17) is 9.47 Å². The zero-order valence-electron chi connectivity index (χ0n) is 17.9. The van der Waals surface area contributed by atoms with Crippen LogP contribution in [0.3, 0.4) is 0 Å². The van der Waals surface area contributed by atoms with Gasteiger partial charge in [0, 0.05) is 43.4 Å². The number of nitrogens with zero attached hydrogens (tertiary/aromatic N) is 3. The molecule has 5 rings (SSSR count). The van der Waals surface area contributed by atoms with E-state index in [2.05, 4.69) is 32.3 Å². The maximum atomic E-state index is 13.0. The summed E-state index contributed by atoms with van der Waals surface area (Å²) in [7, 11) is 0. The fraction of sp³-hybridized carbons (Fsp3) is 0.542. The van der Waals surface area contributed by atoms with E-state index in [0.717, 1.165) is 56.2 Å².